The Morgan fingerprint density at radius 2 is 0.851 bits per heavy atom. The van der Waals surface area contributed by atoms with Gasteiger partial charge in [0.05, 0.1) is 23.3 Å². The molecule has 220 valence electrons. The van der Waals surface area contributed by atoms with Gasteiger partial charge >= 0.3 is 0 Å². The van der Waals surface area contributed by atoms with Crippen molar-refractivity contribution in [2.24, 2.45) is 0 Å². The Bertz CT molecular complexity index is 2330. The molecule has 0 unspecified atom stereocenters. The van der Waals surface area contributed by atoms with Crippen LogP contribution < -0.4 is 4.90 Å². The number of anilines is 3. The van der Waals surface area contributed by atoms with Gasteiger partial charge in [0.15, 0.2) is 11.2 Å². The predicted octanol–water partition coefficient (Wildman–Crippen LogP) is 10.2. The summed E-state index contributed by atoms with van der Waals surface area (Å²) in [7, 11) is 0. The van der Waals surface area contributed by atoms with Gasteiger partial charge in [-0.1, -0.05) is 42.5 Å². The zero-order valence-electron chi connectivity index (χ0n) is 24.8. The van der Waals surface area contributed by atoms with Crippen LogP contribution in [0.15, 0.2) is 148 Å². The van der Waals surface area contributed by atoms with Gasteiger partial charge in [0.2, 0.25) is 11.8 Å². The molecule has 0 fully saturated rings. The maximum atomic E-state index is 9.25. The first-order valence-corrected chi connectivity index (χ1v) is 14.9. The molecule has 6 aromatic carbocycles. The highest BCUT2D eigenvalue weighted by molar-refractivity contribution is 5.82. The van der Waals surface area contributed by atoms with Gasteiger partial charge in [-0.15, -0.1) is 0 Å². The van der Waals surface area contributed by atoms with Gasteiger partial charge in [-0.25, -0.2) is 9.97 Å². The van der Waals surface area contributed by atoms with E-state index in [0.717, 1.165) is 39.3 Å². The number of rotatable bonds is 6. The fourth-order valence-corrected chi connectivity index (χ4v) is 5.62. The minimum atomic E-state index is 0.491. The number of hydrogen-bond donors (Lipinski definition) is 0. The summed E-state index contributed by atoms with van der Waals surface area (Å²) >= 11 is 0. The topological polar surface area (TPSA) is 103 Å². The molecule has 8 aromatic rings. The lowest BCUT2D eigenvalue weighted by molar-refractivity contribution is 0.619. The number of benzene rings is 6. The lowest BCUT2D eigenvalue weighted by atomic mass is 10.0. The maximum absolute atomic E-state index is 9.25. The summed E-state index contributed by atoms with van der Waals surface area (Å²) in [6.07, 6.45) is 0. The van der Waals surface area contributed by atoms with Crippen LogP contribution >= 0.6 is 0 Å². The summed E-state index contributed by atoms with van der Waals surface area (Å²) < 4.78 is 12.0. The van der Waals surface area contributed by atoms with Crippen LogP contribution in [0.5, 0.6) is 0 Å². The van der Waals surface area contributed by atoms with Crippen LogP contribution in [-0.2, 0) is 0 Å². The fraction of sp³-hybridized carbons (Fsp3) is 0. The van der Waals surface area contributed by atoms with Crippen LogP contribution in [0.2, 0.25) is 0 Å². The molecule has 7 nitrogen and oxygen atoms in total. The molecular formula is C40H23N5O2. The third kappa shape index (κ3) is 5.25. The zero-order chi connectivity index (χ0) is 31.7. The molecule has 0 aliphatic rings. The second-order valence-corrected chi connectivity index (χ2v) is 11.0. The fourth-order valence-electron chi connectivity index (χ4n) is 5.62. The molecule has 0 spiro atoms. The van der Waals surface area contributed by atoms with E-state index in [9.17, 15) is 10.5 Å². The largest absolute Gasteiger partial charge is 0.436 e. The zero-order valence-corrected chi connectivity index (χ0v) is 24.8. The number of nitrogens with zero attached hydrogens (tertiary/aromatic N) is 5. The molecule has 0 atom stereocenters. The first-order valence-electron chi connectivity index (χ1n) is 14.9. The van der Waals surface area contributed by atoms with Crippen LogP contribution in [0.1, 0.15) is 11.1 Å². The molecule has 8 rings (SSSR count). The van der Waals surface area contributed by atoms with E-state index in [1.165, 1.54) is 0 Å². The van der Waals surface area contributed by atoms with Crippen molar-refractivity contribution in [3.63, 3.8) is 0 Å². The Hall–Kier alpha value is -6.96. The molecule has 0 saturated heterocycles. The molecule has 0 saturated carbocycles. The monoisotopic (exact) mass is 605 g/mol. The number of fused-ring (bicyclic) bond motifs is 2. The number of nitriles is 2. The van der Waals surface area contributed by atoms with E-state index in [1.807, 2.05) is 66.7 Å². The van der Waals surface area contributed by atoms with Gasteiger partial charge in [-0.3, -0.25) is 0 Å². The van der Waals surface area contributed by atoms with Crippen LogP contribution in [0.25, 0.3) is 56.2 Å². The highest BCUT2D eigenvalue weighted by atomic mass is 16.4. The SMILES string of the molecule is N#Cc1ccc2nc(-c3ccc(N(c4ccc(-c5ccccc5)cc4)c4ccc(-c5nc6ccc(C#N)cc6o5)cc4)cc3)oc2c1. The molecule has 0 amide bonds. The molecule has 47 heavy (non-hydrogen) atoms. The number of aromatic nitrogens is 2. The molecule has 0 bridgehead atoms. The highest BCUT2D eigenvalue weighted by Gasteiger charge is 2.16. The van der Waals surface area contributed by atoms with Crippen molar-refractivity contribution in [2.45, 2.75) is 0 Å². The summed E-state index contributed by atoms with van der Waals surface area (Å²) in [5.41, 5.74) is 10.4. The van der Waals surface area contributed by atoms with Crippen LogP contribution in [-0.4, -0.2) is 9.97 Å². The summed E-state index contributed by atoms with van der Waals surface area (Å²) in [6, 6.07) is 49.6. The van der Waals surface area contributed by atoms with Crippen molar-refractivity contribution in [1.29, 1.82) is 10.5 Å². The van der Waals surface area contributed by atoms with Gasteiger partial charge < -0.3 is 13.7 Å². The van der Waals surface area contributed by atoms with Crippen molar-refractivity contribution in [3.05, 3.63) is 151 Å². The van der Waals surface area contributed by atoms with E-state index in [-0.39, 0.29) is 0 Å². The molecule has 2 aromatic heterocycles. The van der Waals surface area contributed by atoms with Crippen molar-refractivity contribution in [1.82, 2.24) is 9.97 Å². The van der Waals surface area contributed by atoms with E-state index in [4.69, 9.17) is 8.83 Å². The Kier molecular flexibility index (Phi) is 6.76. The van der Waals surface area contributed by atoms with E-state index >= 15 is 0 Å². The Labute approximate surface area is 269 Å². The third-order valence-corrected chi connectivity index (χ3v) is 8.01. The summed E-state index contributed by atoms with van der Waals surface area (Å²) in [4.78, 5) is 11.4. The molecule has 2 heterocycles. The van der Waals surface area contributed by atoms with Crippen LogP contribution in [0, 0.1) is 22.7 Å². The highest BCUT2D eigenvalue weighted by Crippen LogP contribution is 2.38. The van der Waals surface area contributed by atoms with E-state index in [1.54, 1.807) is 36.4 Å². The van der Waals surface area contributed by atoms with Crippen LogP contribution in [0.3, 0.4) is 0 Å². The minimum absolute atomic E-state index is 0.491. The third-order valence-electron chi connectivity index (χ3n) is 8.01. The lowest BCUT2D eigenvalue weighted by Crippen LogP contribution is -2.09. The molecule has 0 radical (unpaired) electrons. The second kappa shape index (κ2) is 11.5. The van der Waals surface area contributed by atoms with Gasteiger partial charge in [-0.05, 0) is 96.1 Å². The normalized spacial score (nSPS) is 10.9. The first-order chi connectivity index (χ1) is 23.1. The van der Waals surface area contributed by atoms with Gasteiger partial charge in [-0.2, -0.15) is 10.5 Å². The smallest absolute Gasteiger partial charge is 0.227 e. The van der Waals surface area contributed by atoms with Crippen molar-refractivity contribution in [2.75, 3.05) is 4.90 Å². The average Bonchev–Trinajstić information content (AvgIpc) is 3.77. The summed E-state index contributed by atoms with van der Waals surface area (Å²) in [5, 5.41) is 18.5. The quantitative estimate of drug-likeness (QED) is 0.186. The average molecular weight is 606 g/mol. The van der Waals surface area contributed by atoms with Gasteiger partial charge in [0.1, 0.15) is 11.0 Å². The van der Waals surface area contributed by atoms with E-state index in [0.29, 0.717) is 45.1 Å². The molecule has 0 aliphatic carbocycles. The van der Waals surface area contributed by atoms with Gasteiger partial charge in [0.25, 0.3) is 0 Å². The predicted molar refractivity (Wildman–Crippen MR) is 182 cm³/mol. The van der Waals surface area contributed by atoms with Gasteiger partial charge in [0, 0.05) is 40.3 Å². The Morgan fingerprint density at radius 1 is 0.447 bits per heavy atom. The molecule has 0 N–H and O–H groups in total. The van der Waals surface area contributed by atoms with E-state index < -0.39 is 0 Å². The number of oxazole rings is 2. The summed E-state index contributed by atoms with van der Waals surface area (Å²) in [5.74, 6) is 0.981. The van der Waals surface area contributed by atoms with Crippen molar-refractivity contribution >= 4 is 39.3 Å². The Morgan fingerprint density at radius 3 is 1.28 bits per heavy atom. The number of hydrogen-bond acceptors (Lipinski definition) is 7. The molecular weight excluding hydrogens is 582 g/mol. The first kappa shape index (κ1) is 27.6. The summed E-state index contributed by atoms with van der Waals surface area (Å²) in [6.45, 7) is 0. The standard InChI is InChI=1S/C40H23N5O2/c41-24-26-6-20-35-37(22-26)46-39(43-35)30-10-16-33(17-11-30)45(32-14-8-29(9-15-32)28-4-2-1-3-5-28)34-18-12-31(13-19-34)40-44-36-21-7-27(25-42)23-38(36)47-40/h1-23H. The van der Waals surface area contributed by atoms with E-state index in [2.05, 4.69) is 63.4 Å². The maximum Gasteiger partial charge on any atom is 0.227 e. The van der Waals surface area contributed by atoms with Crippen molar-refractivity contribution in [3.8, 4) is 46.2 Å². The molecule has 0 aliphatic heterocycles. The Balaban J connectivity index is 1.16. The van der Waals surface area contributed by atoms with Crippen molar-refractivity contribution < 1.29 is 8.83 Å². The lowest BCUT2D eigenvalue weighted by Gasteiger charge is -2.26. The minimum Gasteiger partial charge on any atom is -0.436 e. The molecule has 7 heteroatoms. The van der Waals surface area contributed by atoms with Crippen LogP contribution in [0.4, 0.5) is 17.1 Å². The second-order valence-electron chi connectivity index (χ2n) is 11.0.